The molecule has 1 saturated heterocycles. The molecule has 3 rings (SSSR count). The van der Waals surface area contributed by atoms with Gasteiger partial charge in [-0.1, -0.05) is 19.1 Å². The summed E-state index contributed by atoms with van der Waals surface area (Å²) < 4.78 is 5.25. The van der Waals surface area contributed by atoms with E-state index in [2.05, 4.69) is 22.1 Å². The Balaban J connectivity index is 1.54. The van der Waals surface area contributed by atoms with Crippen molar-refractivity contribution in [3.63, 3.8) is 0 Å². The largest absolute Gasteiger partial charge is 0.497 e. The molecule has 1 fully saturated rings. The van der Waals surface area contributed by atoms with Crippen LogP contribution in [0.15, 0.2) is 29.6 Å². The van der Waals surface area contributed by atoms with Crippen LogP contribution in [-0.2, 0) is 11.2 Å². The Labute approximate surface area is 153 Å². The van der Waals surface area contributed by atoms with Crippen LogP contribution < -0.4 is 10.1 Å². The van der Waals surface area contributed by atoms with Crippen LogP contribution in [0.4, 0.5) is 0 Å². The molecule has 1 aromatic heterocycles. The van der Waals surface area contributed by atoms with Gasteiger partial charge >= 0.3 is 0 Å². The predicted molar refractivity (Wildman–Crippen MR) is 101 cm³/mol. The lowest BCUT2D eigenvalue weighted by atomic mass is 10.2. The number of likely N-dealkylation sites (tertiary alicyclic amines) is 1. The number of hydrogen-bond donors (Lipinski definition) is 1. The number of rotatable bonds is 7. The smallest absolute Gasteiger partial charge is 0.226 e. The predicted octanol–water partition coefficient (Wildman–Crippen LogP) is 2.96. The maximum absolute atomic E-state index is 12.2. The van der Waals surface area contributed by atoms with Gasteiger partial charge in [0.1, 0.15) is 10.8 Å². The normalized spacial score (nSPS) is 17.6. The molecule has 2 aromatic rings. The lowest BCUT2D eigenvalue weighted by Gasteiger charge is -2.22. The number of carbonyl (C=O) groups excluding carboxylic acids is 1. The van der Waals surface area contributed by atoms with E-state index in [1.807, 2.05) is 29.6 Å². The molecule has 2 heterocycles. The number of hydrogen-bond acceptors (Lipinski definition) is 5. The van der Waals surface area contributed by atoms with Gasteiger partial charge in [0.2, 0.25) is 5.91 Å². The van der Waals surface area contributed by atoms with E-state index in [1.54, 1.807) is 18.4 Å². The lowest BCUT2D eigenvalue weighted by Crippen LogP contribution is -2.40. The fourth-order valence-corrected chi connectivity index (χ4v) is 4.09. The minimum Gasteiger partial charge on any atom is -0.497 e. The van der Waals surface area contributed by atoms with Crippen LogP contribution in [0.25, 0.3) is 10.6 Å². The molecule has 1 atom stereocenters. The van der Waals surface area contributed by atoms with Crippen molar-refractivity contribution in [3.05, 3.63) is 35.3 Å². The van der Waals surface area contributed by atoms with E-state index in [0.717, 1.165) is 41.6 Å². The Bertz CT molecular complexity index is 716. The van der Waals surface area contributed by atoms with E-state index in [4.69, 9.17) is 4.74 Å². The number of thiazole rings is 1. The molecule has 1 aliphatic rings. The van der Waals surface area contributed by atoms with Crippen molar-refractivity contribution in [3.8, 4) is 16.3 Å². The third kappa shape index (κ3) is 4.58. The number of ether oxygens (including phenoxy) is 1. The van der Waals surface area contributed by atoms with Crippen molar-refractivity contribution < 1.29 is 9.53 Å². The van der Waals surface area contributed by atoms with Gasteiger partial charge in [-0.3, -0.25) is 9.69 Å². The molecular weight excluding hydrogens is 334 g/mol. The lowest BCUT2D eigenvalue weighted by molar-refractivity contribution is -0.120. The van der Waals surface area contributed by atoms with Gasteiger partial charge in [-0.25, -0.2) is 4.98 Å². The molecule has 0 bridgehead atoms. The maximum atomic E-state index is 12.2. The first-order valence-electron chi connectivity index (χ1n) is 8.79. The van der Waals surface area contributed by atoms with Crippen molar-refractivity contribution >= 4 is 17.2 Å². The zero-order chi connectivity index (χ0) is 17.6. The minimum atomic E-state index is 0.0467. The summed E-state index contributed by atoms with van der Waals surface area (Å²) in [7, 11) is 1.65. The van der Waals surface area contributed by atoms with Gasteiger partial charge in [-0.15, -0.1) is 11.3 Å². The molecule has 0 radical (unpaired) electrons. The average Bonchev–Trinajstić information content (AvgIpc) is 3.29. The molecule has 0 spiro atoms. The fraction of sp³-hybridized carbons (Fsp3) is 0.474. The Morgan fingerprint density at radius 3 is 3.16 bits per heavy atom. The van der Waals surface area contributed by atoms with Crippen LogP contribution >= 0.6 is 11.3 Å². The Morgan fingerprint density at radius 2 is 2.36 bits per heavy atom. The molecule has 0 saturated carbocycles. The van der Waals surface area contributed by atoms with Gasteiger partial charge in [0.05, 0.1) is 19.2 Å². The quantitative estimate of drug-likeness (QED) is 0.826. The van der Waals surface area contributed by atoms with Crippen molar-refractivity contribution in [1.29, 1.82) is 0 Å². The molecule has 1 N–H and O–H groups in total. The second-order valence-electron chi connectivity index (χ2n) is 6.28. The number of nitrogens with zero attached hydrogens (tertiary/aromatic N) is 2. The monoisotopic (exact) mass is 359 g/mol. The van der Waals surface area contributed by atoms with Crippen LogP contribution in [-0.4, -0.2) is 48.6 Å². The van der Waals surface area contributed by atoms with E-state index in [1.165, 1.54) is 12.8 Å². The second-order valence-corrected chi connectivity index (χ2v) is 7.14. The molecule has 5 nitrogen and oxygen atoms in total. The van der Waals surface area contributed by atoms with Crippen molar-refractivity contribution in [1.82, 2.24) is 15.2 Å². The average molecular weight is 359 g/mol. The van der Waals surface area contributed by atoms with Gasteiger partial charge < -0.3 is 10.1 Å². The van der Waals surface area contributed by atoms with Crippen LogP contribution in [0.3, 0.4) is 0 Å². The van der Waals surface area contributed by atoms with E-state index >= 15 is 0 Å². The zero-order valence-electron chi connectivity index (χ0n) is 14.8. The third-order valence-electron chi connectivity index (χ3n) is 4.65. The first kappa shape index (κ1) is 17.9. The Morgan fingerprint density at radius 1 is 1.48 bits per heavy atom. The van der Waals surface area contributed by atoms with Gasteiger partial charge in [-0.2, -0.15) is 0 Å². The number of likely N-dealkylation sites (N-methyl/N-ethyl adjacent to an activating group) is 1. The molecule has 0 aliphatic carbocycles. The Hall–Kier alpha value is -1.92. The van der Waals surface area contributed by atoms with Crippen molar-refractivity contribution in [2.45, 2.75) is 32.2 Å². The van der Waals surface area contributed by atoms with Crippen molar-refractivity contribution in [2.24, 2.45) is 0 Å². The first-order chi connectivity index (χ1) is 12.2. The molecular formula is C19H25N3O2S. The molecule has 25 heavy (non-hydrogen) atoms. The summed E-state index contributed by atoms with van der Waals surface area (Å²) in [5.74, 6) is 0.856. The van der Waals surface area contributed by atoms with Gasteiger partial charge in [0.15, 0.2) is 0 Å². The number of carbonyl (C=O) groups is 1. The summed E-state index contributed by atoms with van der Waals surface area (Å²) in [6.07, 6.45) is 2.73. The standard InChI is InChI=1S/C19H25N3O2S/c1-3-22-9-5-7-16(22)12-20-18(23)11-15-13-25-19(21-15)14-6-4-8-17(10-14)24-2/h4,6,8,10,13,16H,3,5,7,9,11-12H2,1-2H3,(H,20,23)/t16-/m1/s1. The first-order valence-corrected chi connectivity index (χ1v) is 9.67. The highest BCUT2D eigenvalue weighted by atomic mass is 32.1. The summed E-state index contributed by atoms with van der Waals surface area (Å²) in [5, 5.41) is 5.94. The van der Waals surface area contributed by atoms with Crippen LogP contribution in [0, 0.1) is 0 Å². The van der Waals surface area contributed by atoms with E-state index in [0.29, 0.717) is 12.5 Å². The number of methoxy groups -OCH3 is 1. The van der Waals surface area contributed by atoms with E-state index in [9.17, 15) is 4.79 Å². The minimum absolute atomic E-state index is 0.0467. The summed E-state index contributed by atoms with van der Waals surface area (Å²) in [6, 6.07) is 8.31. The topological polar surface area (TPSA) is 54.5 Å². The molecule has 6 heteroatoms. The van der Waals surface area contributed by atoms with Crippen LogP contribution in [0.5, 0.6) is 5.75 Å². The van der Waals surface area contributed by atoms with Crippen molar-refractivity contribution in [2.75, 3.05) is 26.7 Å². The summed E-state index contributed by atoms with van der Waals surface area (Å²) in [6.45, 7) is 5.11. The van der Waals surface area contributed by atoms with Crippen LogP contribution in [0.1, 0.15) is 25.5 Å². The van der Waals surface area contributed by atoms with Gasteiger partial charge in [0, 0.05) is 23.5 Å². The zero-order valence-corrected chi connectivity index (χ0v) is 15.6. The molecule has 134 valence electrons. The molecule has 1 aromatic carbocycles. The van der Waals surface area contributed by atoms with Crippen LogP contribution in [0.2, 0.25) is 0 Å². The number of nitrogens with one attached hydrogen (secondary N) is 1. The third-order valence-corrected chi connectivity index (χ3v) is 5.59. The fourth-order valence-electron chi connectivity index (χ4n) is 3.28. The van der Waals surface area contributed by atoms with E-state index in [-0.39, 0.29) is 5.91 Å². The Kier molecular flexibility index (Phi) is 6.04. The highest BCUT2D eigenvalue weighted by Gasteiger charge is 2.23. The highest BCUT2D eigenvalue weighted by molar-refractivity contribution is 7.13. The maximum Gasteiger partial charge on any atom is 0.226 e. The summed E-state index contributed by atoms with van der Waals surface area (Å²) in [5.41, 5.74) is 1.83. The number of benzene rings is 1. The SMILES string of the molecule is CCN1CCC[C@@H]1CNC(=O)Cc1csc(-c2cccc(OC)c2)n1. The second kappa shape index (κ2) is 8.45. The number of amides is 1. The summed E-state index contributed by atoms with van der Waals surface area (Å²) in [4.78, 5) is 19.3. The summed E-state index contributed by atoms with van der Waals surface area (Å²) >= 11 is 1.56. The molecule has 1 aliphatic heterocycles. The number of aromatic nitrogens is 1. The van der Waals surface area contributed by atoms with Gasteiger partial charge in [-0.05, 0) is 38.1 Å². The van der Waals surface area contributed by atoms with E-state index < -0.39 is 0 Å². The molecule has 0 unspecified atom stereocenters. The van der Waals surface area contributed by atoms with Gasteiger partial charge in [0.25, 0.3) is 0 Å². The molecule has 1 amide bonds. The highest BCUT2D eigenvalue weighted by Crippen LogP contribution is 2.27.